The summed E-state index contributed by atoms with van der Waals surface area (Å²) in [5.74, 6) is 0. The standard InChI is InChI=1S/C14H16BrN3O2S/c1-17-21(19,20)14-8-11(16)6-7-13(14)18-9-10-4-2-3-5-12(10)15/h2-8,17-18H,9,16H2,1H3. The molecule has 0 unspecified atom stereocenters. The van der Waals surface area contributed by atoms with E-state index in [0.717, 1.165) is 10.0 Å². The summed E-state index contributed by atoms with van der Waals surface area (Å²) in [6.45, 7) is 0.498. The number of hydrogen-bond acceptors (Lipinski definition) is 4. The number of halogens is 1. The van der Waals surface area contributed by atoms with Gasteiger partial charge < -0.3 is 11.1 Å². The van der Waals surface area contributed by atoms with Crippen LogP contribution in [-0.2, 0) is 16.6 Å². The Labute approximate surface area is 132 Å². The number of nitrogens with one attached hydrogen (secondary N) is 2. The van der Waals surface area contributed by atoms with Crippen LogP contribution in [0.3, 0.4) is 0 Å². The molecular formula is C14H16BrN3O2S. The maximum atomic E-state index is 12.0. The number of anilines is 2. The normalized spacial score (nSPS) is 11.3. The van der Waals surface area contributed by atoms with Crippen molar-refractivity contribution in [3.8, 4) is 0 Å². The molecule has 0 fully saturated rings. The van der Waals surface area contributed by atoms with Crippen molar-refractivity contribution >= 4 is 37.3 Å². The first-order valence-electron chi connectivity index (χ1n) is 6.24. The molecule has 0 aromatic heterocycles. The topological polar surface area (TPSA) is 84.2 Å². The second-order valence-corrected chi connectivity index (χ2v) is 7.12. The van der Waals surface area contributed by atoms with Gasteiger partial charge in [-0.3, -0.25) is 0 Å². The van der Waals surface area contributed by atoms with Crippen molar-refractivity contribution in [3.05, 3.63) is 52.5 Å². The van der Waals surface area contributed by atoms with Gasteiger partial charge in [-0.25, -0.2) is 13.1 Å². The third kappa shape index (κ3) is 3.75. The Morgan fingerprint density at radius 2 is 1.90 bits per heavy atom. The van der Waals surface area contributed by atoms with Gasteiger partial charge in [-0.1, -0.05) is 34.1 Å². The van der Waals surface area contributed by atoms with Crippen LogP contribution in [0.25, 0.3) is 0 Å². The Balaban J connectivity index is 2.31. The van der Waals surface area contributed by atoms with E-state index in [-0.39, 0.29) is 4.90 Å². The molecule has 0 heterocycles. The van der Waals surface area contributed by atoms with Gasteiger partial charge in [-0.05, 0) is 36.9 Å². The highest BCUT2D eigenvalue weighted by molar-refractivity contribution is 9.10. The molecule has 0 saturated heterocycles. The summed E-state index contributed by atoms with van der Waals surface area (Å²) >= 11 is 3.46. The summed E-state index contributed by atoms with van der Waals surface area (Å²) in [7, 11) is -2.20. The highest BCUT2D eigenvalue weighted by atomic mass is 79.9. The molecule has 7 heteroatoms. The third-order valence-corrected chi connectivity index (χ3v) is 5.22. The number of rotatable bonds is 5. The molecule has 2 rings (SSSR count). The molecule has 0 amide bonds. The van der Waals surface area contributed by atoms with E-state index in [9.17, 15) is 8.42 Å². The fraction of sp³-hybridized carbons (Fsp3) is 0.143. The van der Waals surface area contributed by atoms with Gasteiger partial charge in [0, 0.05) is 16.7 Å². The zero-order chi connectivity index (χ0) is 15.5. The van der Waals surface area contributed by atoms with E-state index in [1.807, 2.05) is 24.3 Å². The van der Waals surface area contributed by atoms with Crippen LogP contribution in [0.2, 0.25) is 0 Å². The fourth-order valence-corrected chi connectivity index (χ4v) is 3.22. The SMILES string of the molecule is CNS(=O)(=O)c1cc(N)ccc1NCc1ccccc1Br. The average molecular weight is 370 g/mol. The largest absolute Gasteiger partial charge is 0.399 e. The molecular weight excluding hydrogens is 354 g/mol. The van der Waals surface area contributed by atoms with E-state index in [4.69, 9.17) is 5.73 Å². The van der Waals surface area contributed by atoms with Gasteiger partial charge in [-0.15, -0.1) is 0 Å². The maximum Gasteiger partial charge on any atom is 0.242 e. The minimum atomic E-state index is -3.57. The quantitative estimate of drug-likeness (QED) is 0.707. The van der Waals surface area contributed by atoms with E-state index >= 15 is 0 Å². The summed E-state index contributed by atoms with van der Waals surface area (Å²) in [6.07, 6.45) is 0. The maximum absolute atomic E-state index is 12.0. The summed E-state index contributed by atoms with van der Waals surface area (Å²) < 4.78 is 27.3. The summed E-state index contributed by atoms with van der Waals surface area (Å²) in [4.78, 5) is 0.136. The van der Waals surface area contributed by atoms with E-state index in [1.54, 1.807) is 12.1 Å². The molecule has 0 aliphatic rings. The van der Waals surface area contributed by atoms with Gasteiger partial charge in [0.1, 0.15) is 4.90 Å². The van der Waals surface area contributed by atoms with Gasteiger partial charge in [0.05, 0.1) is 5.69 Å². The van der Waals surface area contributed by atoms with Crippen LogP contribution < -0.4 is 15.8 Å². The monoisotopic (exact) mass is 369 g/mol. The van der Waals surface area contributed by atoms with Gasteiger partial charge >= 0.3 is 0 Å². The average Bonchev–Trinajstić information content (AvgIpc) is 2.47. The Hall–Kier alpha value is -1.57. The number of sulfonamides is 1. The highest BCUT2D eigenvalue weighted by Crippen LogP contribution is 2.25. The van der Waals surface area contributed by atoms with E-state index in [0.29, 0.717) is 17.9 Å². The molecule has 0 atom stereocenters. The van der Waals surface area contributed by atoms with Crippen molar-refractivity contribution in [2.45, 2.75) is 11.4 Å². The molecule has 0 aliphatic heterocycles. The lowest BCUT2D eigenvalue weighted by Gasteiger charge is -2.13. The van der Waals surface area contributed by atoms with Crippen molar-refractivity contribution in [2.75, 3.05) is 18.1 Å². The predicted molar refractivity (Wildman–Crippen MR) is 88.6 cm³/mol. The van der Waals surface area contributed by atoms with E-state index < -0.39 is 10.0 Å². The van der Waals surface area contributed by atoms with E-state index in [2.05, 4.69) is 26.0 Å². The van der Waals surface area contributed by atoms with Gasteiger partial charge in [0.2, 0.25) is 10.0 Å². The lowest BCUT2D eigenvalue weighted by molar-refractivity contribution is 0.588. The Bertz CT molecular complexity index is 748. The smallest absolute Gasteiger partial charge is 0.242 e. The molecule has 4 N–H and O–H groups in total. The van der Waals surface area contributed by atoms with Crippen LogP contribution in [-0.4, -0.2) is 15.5 Å². The number of nitrogen functional groups attached to an aromatic ring is 1. The number of nitrogens with two attached hydrogens (primary N) is 1. The highest BCUT2D eigenvalue weighted by Gasteiger charge is 2.17. The third-order valence-electron chi connectivity index (χ3n) is 2.99. The Kier molecular flexibility index (Phi) is 4.87. The molecule has 0 saturated carbocycles. The van der Waals surface area contributed by atoms with Crippen LogP contribution in [0.4, 0.5) is 11.4 Å². The van der Waals surface area contributed by atoms with Crippen LogP contribution in [0.1, 0.15) is 5.56 Å². The van der Waals surface area contributed by atoms with Gasteiger partial charge in [0.25, 0.3) is 0 Å². The minimum Gasteiger partial charge on any atom is -0.399 e. The fourth-order valence-electron chi connectivity index (χ4n) is 1.85. The summed E-state index contributed by atoms with van der Waals surface area (Å²) in [5, 5.41) is 3.13. The lowest BCUT2D eigenvalue weighted by atomic mass is 10.2. The Morgan fingerprint density at radius 3 is 2.57 bits per heavy atom. The first kappa shape index (κ1) is 15.8. The molecule has 0 aliphatic carbocycles. The van der Waals surface area contributed by atoms with Crippen molar-refractivity contribution in [3.63, 3.8) is 0 Å². The first-order valence-corrected chi connectivity index (χ1v) is 8.52. The molecule has 5 nitrogen and oxygen atoms in total. The predicted octanol–water partition coefficient (Wildman–Crippen LogP) is 2.55. The number of hydrogen-bond donors (Lipinski definition) is 3. The molecule has 21 heavy (non-hydrogen) atoms. The summed E-state index contributed by atoms with van der Waals surface area (Å²) in [5.41, 5.74) is 7.62. The second kappa shape index (κ2) is 6.46. The first-order chi connectivity index (χ1) is 9.94. The van der Waals surface area contributed by atoms with Crippen molar-refractivity contribution in [2.24, 2.45) is 0 Å². The van der Waals surface area contributed by atoms with E-state index in [1.165, 1.54) is 13.1 Å². The second-order valence-electron chi connectivity index (χ2n) is 4.41. The van der Waals surface area contributed by atoms with Crippen LogP contribution in [0.5, 0.6) is 0 Å². The van der Waals surface area contributed by atoms with Crippen LogP contribution in [0.15, 0.2) is 51.8 Å². The van der Waals surface area contributed by atoms with Crippen molar-refractivity contribution in [1.82, 2.24) is 4.72 Å². The summed E-state index contributed by atoms with van der Waals surface area (Å²) in [6, 6.07) is 12.5. The van der Waals surface area contributed by atoms with Crippen molar-refractivity contribution in [1.29, 1.82) is 0 Å². The lowest BCUT2D eigenvalue weighted by Crippen LogP contribution is -2.20. The molecule has 2 aromatic carbocycles. The zero-order valence-electron chi connectivity index (χ0n) is 11.4. The molecule has 0 spiro atoms. The van der Waals surface area contributed by atoms with Crippen LogP contribution in [0, 0.1) is 0 Å². The molecule has 0 radical (unpaired) electrons. The van der Waals surface area contributed by atoms with Gasteiger partial charge in [-0.2, -0.15) is 0 Å². The van der Waals surface area contributed by atoms with Crippen molar-refractivity contribution < 1.29 is 8.42 Å². The minimum absolute atomic E-state index is 0.136. The molecule has 2 aromatic rings. The number of benzene rings is 2. The zero-order valence-corrected chi connectivity index (χ0v) is 13.8. The molecule has 0 bridgehead atoms. The van der Waals surface area contributed by atoms with Crippen LogP contribution >= 0.6 is 15.9 Å². The Morgan fingerprint density at radius 1 is 1.19 bits per heavy atom. The van der Waals surface area contributed by atoms with Gasteiger partial charge in [0.15, 0.2) is 0 Å². The molecule has 112 valence electrons.